The van der Waals surface area contributed by atoms with Crippen molar-refractivity contribution in [3.8, 4) is 5.75 Å². The van der Waals surface area contributed by atoms with E-state index < -0.39 is 17.8 Å². The Hall–Kier alpha value is -2.70. The van der Waals surface area contributed by atoms with E-state index in [4.69, 9.17) is 14.2 Å². The molecule has 0 aromatic heterocycles. The second kappa shape index (κ2) is 17.2. The van der Waals surface area contributed by atoms with E-state index in [9.17, 15) is 18.8 Å². The number of unbranched alkanes of at least 4 members (excludes halogenated alkanes) is 5. The molecule has 6 nitrogen and oxygen atoms in total. The highest BCUT2D eigenvalue weighted by atomic mass is 19.1. The van der Waals surface area contributed by atoms with E-state index in [1.807, 2.05) is 0 Å². The van der Waals surface area contributed by atoms with Crippen LogP contribution in [0.25, 0.3) is 0 Å². The van der Waals surface area contributed by atoms with Crippen LogP contribution in [0.15, 0.2) is 30.9 Å². The zero-order chi connectivity index (χ0) is 28.7. The predicted octanol–water partition coefficient (Wildman–Crippen LogP) is 7.98. The second-order valence-corrected chi connectivity index (χ2v) is 11.7. The van der Waals surface area contributed by atoms with Gasteiger partial charge in [-0.15, -0.1) is 0 Å². The van der Waals surface area contributed by atoms with Crippen LogP contribution in [0.5, 0.6) is 5.75 Å². The zero-order valence-corrected chi connectivity index (χ0v) is 24.2. The topological polar surface area (TPSA) is 78.9 Å². The number of halogens is 1. The van der Waals surface area contributed by atoms with Gasteiger partial charge in [0.05, 0.1) is 24.7 Å². The van der Waals surface area contributed by atoms with Crippen LogP contribution >= 0.6 is 0 Å². The van der Waals surface area contributed by atoms with Crippen molar-refractivity contribution in [2.24, 2.45) is 23.7 Å². The third-order valence-corrected chi connectivity index (χ3v) is 8.57. The number of carbonyl (C=O) groups excluding carboxylic acids is 3. The molecule has 40 heavy (non-hydrogen) atoms. The second-order valence-electron chi connectivity index (χ2n) is 11.7. The maximum atomic E-state index is 14.7. The molecule has 0 atom stereocenters. The number of hydrogen-bond donors (Lipinski definition) is 0. The molecule has 0 unspecified atom stereocenters. The fourth-order valence-corrected chi connectivity index (χ4v) is 5.92. The molecule has 0 N–H and O–H groups in total. The van der Waals surface area contributed by atoms with Crippen LogP contribution in [0.1, 0.15) is 114 Å². The molecule has 2 saturated carbocycles. The maximum Gasteiger partial charge on any atom is 0.341 e. The van der Waals surface area contributed by atoms with Gasteiger partial charge in [-0.3, -0.25) is 4.79 Å². The minimum atomic E-state index is -0.759. The molecule has 0 spiro atoms. The highest BCUT2D eigenvalue weighted by Crippen LogP contribution is 2.33. The molecule has 0 heterocycles. The number of rotatable bonds is 15. The van der Waals surface area contributed by atoms with E-state index >= 15 is 0 Å². The Morgan fingerprint density at radius 2 is 1.45 bits per heavy atom. The monoisotopic (exact) mass is 558 g/mol. The molecule has 0 radical (unpaired) electrons. The smallest absolute Gasteiger partial charge is 0.341 e. The molecule has 7 heteroatoms. The van der Waals surface area contributed by atoms with Crippen molar-refractivity contribution in [1.82, 2.24) is 0 Å². The van der Waals surface area contributed by atoms with E-state index in [0.29, 0.717) is 18.4 Å². The first-order valence-electron chi connectivity index (χ1n) is 15.4. The van der Waals surface area contributed by atoms with Crippen LogP contribution in [-0.2, 0) is 19.1 Å². The highest BCUT2D eigenvalue weighted by Gasteiger charge is 2.28. The fraction of sp³-hybridized carbons (Fsp3) is 0.667. The summed E-state index contributed by atoms with van der Waals surface area (Å²) in [5.41, 5.74) is -0.167. The summed E-state index contributed by atoms with van der Waals surface area (Å²) in [7, 11) is 0. The average molecular weight is 559 g/mol. The molecule has 2 aliphatic carbocycles. The van der Waals surface area contributed by atoms with Crippen molar-refractivity contribution < 1.29 is 33.0 Å². The Bertz CT molecular complexity index is 960. The van der Waals surface area contributed by atoms with Crippen molar-refractivity contribution in [2.75, 3.05) is 13.2 Å². The summed E-state index contributed by atoms with van der Waals surface area (Å²) in [5, 5.41) is 0. The summed E-state index contributed by atoms with van der Waals surface area (Å²) < 4.78 is 30.7. The maximum absolute atomic E-state index is 14.7. The molecule has 2 aliphatic rings. The zero-order valence-electron chi connectivity index (χ0n) is 24.2. The van der Waals surface area contributed by atoms with Gasteiger partial charge in [-0.2, -0.15) is 0 Å². The van der Waals surface area contributed by atoms with Crippen molar-refractivity contribution in [3.63, 3.8) is 0 Å². The number of esters is 3. The van der Waals surface area contributed by atoms with Gasteiger partial charge in [0.15, 0.2) is 0 Å². The number of benzene rings is 1. The molecule has 0 amide bonds. The molecular formula is C33H47FO6. The van der Waals surface area contributed by atoms with Gasteiger partial charge in [-0.1, -0.05) is 58.4 Å². The summed E-state index contributed by atoms with van der Waals surface area (Å²) in [6.07, 6.45) is 17.4. The Balaban J connectivity index is 1.35. The van der Waals surface area contributed by atoms with Gasteiger partial charge >= 0.3 is 17.9 Å². The largest absolute Gasteiger partial charge is 0.462 e. The van der Waals surface area contributed by atoms with E-state index in [1.54, 1.807) is 0 Å². The first-order valence-corrected chi connectivity index (χ1v) is 15.4. The molecular weight excluding hydrogens is 511 g/mol. The van der Waals surface area contributed by atoms with Crippen molar-refractivity contribution >= 4 is 17.9 Å². The van der Waals surface area contributed by atoms with Crippen LogP contribution in [0.2, 0.25) is 0 Å². The lowest BCUT2D eigenvalue weighted by atomic mass is 9.80. The number of ether oxygens (including phenoxy) is 3. The van der Waals surface area contributed by atoms with Gasteiger partial charge < -0.3 is 14.2 Å². The first-order chi connectivity index (χ1) is 19.4. The summed E-state index contributed by atoms with van der Waals surface area (Å²) in [6, 6.07) is 3.87. The molecule has 222 valence electrons. The van der Waals surface area contributed by atoms with Gasteiger partial charge in [0, 0.05) is 12.1 Å². The SMILES string of the molecule is C=CC(=O)OCC1CCC(COC(=O)c2ccc(OC(=O)C3CCC(CCCCCCCC)CC3)cc2F)CC1. The number of carbonyl (C=O) groups is 3. The molecule has 2 fully saturated rings. The Morgan fingerprint density at radius 1 is 0.850 bits per heavy atom. The van der Waals surface area contributed by atoms with Crippen molar-refractivity contribution in [2.45, 2.75) is 103 Å². The van der Waals surface area contributed by atoms with E-state index in [2.05, 4.69) is 13.5 Å². The minimum Gasteiger partial charge on any atom is -0.462 e. The van der Waals surface area contributed by atoms with Gasteiger partial charge in [0.2, 0.25) is 0 Å². The van der Waals surface area contributed by atoms with E-state index in [-0.39, 0.29) is 35.7 Å². The van der Waals surface area contributed by atoms with Crippen LogP contribution in [0.4, 0.5) is 4.39 Å². The van der Waals surface area contributed by atoms with Gasteiger partial charge in [-0.05, 0) is 81.3 Å². The normalized spacial score (nSPS) is 22.8. The Morgan fingerprint density at radius 3 is 2.08 bits per heavy atom. The quantitative estimate of drug-likeness (QED) is 0.0940. The lowest BCUT2D eigenvalue weighted by molar-refractivity contribution is -0.140. The van der Waals surface area contributed by atoms with Gasteiger partial charge in [0.1, 0.15) is 11.6 Å². The highest BCUT2D eigenvalue weighted by molar-refractivity contribution is 5.90. The van der Waals surface area contributed by atoms with Gasteiger partial charge in [-0.25, -0.2) is 14.0 Å². The summed E-state index contributed by atoms with van der Waals surface area (Å²) >= 11 is 0. The Labute approximate surface area is 239 Å². The van der Waals surface area contributed by atoms with E-state index in [1.165, 1.54) is 57.1 Å². The van der Waals surface area contributed by atoms with E-state index in [0.717, 1.165) is 63.5 Å². The van der Waals surface area contributed by atoms with Crippen LogP contribution in [-0.4, -0.2) is 31.1 Å². The predicted molar refractivity (Wildman–Crippen MR) is 152 cm³/mol. The standard InChI is InChI=1S/C33H47FO6/c1-3-5-6-7-8-9-10-24-15-17-27(18-16-24)32(36)40-28-19-20-29(30(34)21-28)33(37)39-23-26-13-11-25(12-14-26)22-38-31(35)4-2/h4,19-21,24-27H,2-3,5-18,22-23H2,1H3. The molecule has 0 aliphatic heterocycles. The fourth-order valence-electron chi connectivity index (χ4n) is 5.92. The summed E-state index contributed by atoms with van der Waals surface area (Å²) in [5.74, 6) is -1.07. The molecule has 1 aromatic carbocycles. The Kier molecular flexibility index (Phi) is 13.7. The third kappa shape index (κ3) is 10.7. The minimum absolute atomic E-state index is 0.115. The average Bonchev–Trinajstić information content (AvgIpc) is 2.97. The lowest BCUT2D eigenvalue weighted by Crippen LogP contribution is -2.26. The lowest BCUT2D eigenvalue weighted by Gasteiger charge is -2.27. The molecule has 0 saturated heterocycles. The van der Waals surface area contributed by atoms with Crippen molar-refractivity contribution in [1.29, 1.82) is 0 Å². The number of hydrogen-bond acceptors (Lipinski definition) is 6. The molecule has 3 rings (SSSR count). The first kappa shape index (κ1) is 31.8. The third-order valence-electron chi connectivity index (χ3n) is 8.57. The summed E-state index contributed by atoms with van der Waals surface area (Å²) in [6.45, 7) is 6.22. The van der Waals surface area contributed by atoms with Crippen LogP contribution in [0.3, 0.4) is 0 Å². The van der Waals surface area contributed by atoms with Crippen LogP contribution < -0.4 is 4.74 Å². The summed E-state index contributed by atoms with van der Waals surface area (Å²) in [4.78, 5) is 36.4. The molecule has 1 aromatic rings. The van der Waals surface area contributed by atoms with Crippen LogP contribution in [0, 0.1) is 29.5 Å². The van der Waals surface area contributed by atoms with Crippen molar-refractivity contribution in [3.05, 3.63) is 42.2 Å². The molecule has 0 bridgehead atoms. The van der Waals surface area contributed by atoms with Gasteiger partial charge in [0.25, 0.3) is 0 Å².